The predicted molar refractivity (Wildman–Crippen MR) is 46.6 cm³/mol. The van der Waals surface area contributed by atoms with Gasteiger partial charge in [0.25, 0.3) is 0 Å². The van der Waals surface area contributed by atoms with Gasteiger partial charge in [-0.05, 0) is 31.1 Å². The van der Waals surface area contributed by atoms with Crippen LogP contribution in [0.4, 0.5) is 0 Å². The first-order chi connectivity index (χ1) is 5.86. The van der Waals surface area contributed by atoms with Gasteiger partial charge in [-0.15, -0.1) is 0 Å². The molecule has 0 radical (unpaired) electrons. The molecule has 0 spiro atoms. The highest BCUT2D eigenvalue weighted by atomic mass is 16.1. The molecule has 0 N–H and O–H groups in total. The van der Waals surface area contributed by atoms with Crippen LogP contribution < -0.4 is 0 Å². The molecule has 2 fully saturated rings. The second-order valence-corrected chi connectivity index (χ2v) is 4.49. The Bertz CT molecular complexity index is 232. The summed E-state index contributed by atoms with van der Waals surface area (Å²) < 4.78 is 0. The third-order valence-electron chi connectivity index (χ3n) is 3.94. The summed E-state index contributed by atoms with van der Waals surface area (Å²) in [6, 6.07) is 0. The van der Waals surface area contributed by atoms with Gasteiger partial charge in [0.05, 0.1) is 0 Å². The smallest absolute Gasteiger partial charge is 0.140 e. The largest absolute Gasteiger partial charge is 0.299 e. The molecule has 1 heteroatoms. The van der Waals surface area contributed by atoms with E-state index in [1.54, 1.807) is 0 Å². The molecule has 3 aliphatic rings. The summed E-state index contributed by atoms with van der Waals surface area (Å²) in [7, 11) is 0. The number of hydrogen-bond donors (Lipinski definition) is 0. The summed E-state index contributed by atoms with van der Waals surface area (Å²) in [6.07, 6.45) is 9.50. The van der Waals surface area contributed by atoms with Crippen molar-refractivity contribution in [1.82, 2.24) is 0 Å². The average molecular weight is 162 g/mol. The van der Waals surface area contributed by atoms with E-state index < -0.39 is 0 Å². The number of Topliss-reactive ketones (excluding diaryl/α,β-unsaturated/α-hetero) is 1. The Morgan fingerprint density at radius 2 is 1.67 bits per heavy atom. The average Bonchev–Trinajstić information content (AvgIpc) is 2.47. The lowest BCUT2D eigenvalue weighted by atomic mass is 9.65. The van der Waals surface area contributed by atoms with Gasteiger partial charge in [0.1, 0.15) is 5.78 Å². The maximum Gasteiger partial charge on any atom is 0.140 e. The van der Waals surface area contributed by atoms with Gasteiger partial charge in [-0.1, -0.05) is 18.6 Å². The third kappa shape index (κ3) is 0.720. The van der Waals surface area contributed by atoms with Crippen LogP contribution in [0.15, 0.2) is 12.2 Å². The summed E-state index contributed by atoms with van der Waals surface area (Å²) in [6.45, 7) is 0. The molecule has 0 aliphatic heterocycles. The minimum absolute atomic E-state index is 0.416. The molecule has 0 heterocycles. The van der Waals surface area contributed by atoms with Gasteiger partial charge in [0, 0.05) is 11.8 Å². The molecular formula is C11H14O. The Hall–Kier alpha value is -0.590. The van der Waals surface area contributed by atoms with Crippen molar-refractivity contribution >= 4 is 5.78 Å². The molecule has 3 aliphatic carbocycles. The van der Waals surface area contributed by atoms with Gasteiger partial charge in [-0.25, -0.2) is 0 Å². The monoisotopic (exact) mass is 162 g/mol. The fraction of sp³-hybridized carbons (Fsp3) is 0.727. The number of fused-ring (bicyclic) bond motifs is 6. The van der Waals surface area contributed by atoms with E-state index in [-0.39, 0.29) is 0 Å². The number of allylic oxidation sites excluding steroid dienone is 2. The Morgan fingerprint density at radius 3 is 2.25 bits per heavy atom. The van der Waals surface area contributed by atoms with Crippen molar-refractivity contribution < 1.29 is 4.79 Å². The Balaban J connectivity index is 2.02. The zero-order chi connectivity index (χ0) is 8.13. The quantitative estimate of drug-likeness (QED) is 0.499. The second-order valence-electron chi connectivity index (χ2n) is 4.49. The van der Waals surface area contributed by atoms with Gasteiger partial charge >= 0.3 is 0 Å². The number of ketones is 1. The van der Waals surface area contributed by atoms with Crippen LogP contribution in [0, 0.1) is 23.7 Å². The molecule has 4 bridgehead atoms. The highest BCUT2D eigenvalue weighted by Gasteiger charge is 2.46. The minimum Gasteiger partial charge on any atom is -0.299 e. The first kappa shape index (κ1) is 6.88. The van der Waals surface area contributed by atoms with Gasteiger partial charge < -0.3 is 0 Å². The summed E-state index contributed by atoms with van der Waals surface area (Å²) in [4.78, 5) is 11.8. The SMILES string of the molecule is O=C1[C@H]2CCC[C@@H]1[C@@H]1C=C[C@@H]2C1. The van der Waals surface area contributed by atoms with E-state index in [1.807, 2.05) is 0 Å². The number of hydrogen-bond acceptors (Lipinski definition) is 1. The van der Waals surface area contributed by atoms with Crippen LogP contribution in [0.1, 0.15) is 25.7 Å². The van der Waals surface area contributed by atoms with Crippen molar-refractivity contribution in [2.24, 2.45) is 23.7 Å². The van der Waals surface area contributed by atoms with Crippen molar-refractivity contribution in [1.29, 1.82) is 0 Å². The lowest BCUT2D eigenvalue weighted by molar-refractivity contribution is -0.134. The summed E-state index contributed by atoms with van der Waals surface area (Å²) in [5.41, 5.74) is 0. The van der Waals surface area contributed by atoms with Crippen LogP contribution >= 0.6 is 0 Å². The molecule has 0 unspecified atom stereocenters. The fourth-order valence-electron chi connectivity index (χ4n) is 3.32. The Kier molecular flexibility index (Phi) is 1.27. The van der Waals surface area contributed by atoms with Crippen molar-refractivity contribution in [2.75, 3.05) is 0 Å². The number of rotatable bonds is 0. The molecule has 3 rings (SSSR count). The zero-order valence-corrected chi connectivity index (χ0v) is 7.20. The maximum absolute atomic E-state index is 11.8. The standard InChI is InChI=1S/C11H14O/c12-11-9-2-1-3-10(11)8-5-4-7(9)6-8/h4-5,7-10H,1-3,6H2/t7-,8-,9-,10+/m1/s1. The Labute approximate surface area is 72.8 Å². The van der Waals surface area contributed by atoms with Gasteiger partial charge in [0.15, 0.2) is 0 Å². The number of carbonyl (C=O) groups excluding carboxylic acids is 1. The fourth-order valence-corrected chi connectivity index (χ4v) is 3.32. The highest BCUT2D eigenvalue weighted by Crippen LogP contribution is 2.48. The topological polar surface area (TPSA) is 17.1 Å². The van der Waals surface area contributed by atoms with Gasteiger partial charge in [-0.2, -0.15) is 0 Å². The van der Waals surface area contributed by atoms with Crippen molar-refractivity contribution in [3.8, 4) is 0 Å². The number of carbonyl (C=O) groups is 1. The zero-order valence-electron chi connectivity index (χ0n) is 7.20. The summed E-state index contributed by atoms with van der Waals surface area (Å²) >= 11 is 0. The van der Waals surface area contributed by atoms with Gasteiger partial charge in [0.2, 0.25) is 0 Å². The minimum atomic E-state index is 0.416. The van der Waals surface area contributed by atoms with E-state index in [9.17, 15) is 4.79 Å². The van der Waals surface area contributed by atoms with Crippen LogP contribution in [0.2, 0.25) is 0 Å². The van der Waals surface area contributed by atoms with Crippen LogP contribution in [0.3, 0.4) is 0 Å². The molecule has 0 amide bonds. The first-order valence-electron chi connectivity index (χ1n) is 5.08. The molecule has 4 atom stereocenters. The van der Waals surface area contributed by atoms with Crippen LogP contribution in [0.25, 0.3) is 0 Å². The van der Waals surface area contributed by atoms with E-state index in [0.717, 1.165) is 12.8 Å². The van der Waals surface area contributed by atoms with E-state index in [1.165, 1.54) is 12.8 Å². The van der Waals surface area contributed by atoms with E-state index in [4.69, 9.17) is 0 Å². The third-order valence-corrected chi connectivity index (χ3v) is 3.94. The Morgan fingerprint density at radius 1 is 1.08 bits per heavy atom. The lowest BCUT2D eigenvalue weighted by Crippen LogP contribution is -2.39. The first-order valence-corrected chi connectivity index (χ1v) is 5.08. The molecule has 0 aromatic heterocycles. The van der Waals surface area contributed by atoms with E-state index in [2.05, 4.69) is 12.2 Å². The molecule has 12 heavy (non-hydrogen) atoms. The molecule has 0 aromatic carbocycles. The molecule has 0 saturated heterocycles. The van der Waals surface area contributed by atoms with Crippen molar-refractivity contribution in [3.05, 3.63) is 12.2 Å². The van der Waals surface area contributed by atoms with Crippen LogP contribution in [-0.4, -0.2) is 5.78 Å². The van der Waals surface area contributed by atoms with E-state index in [0.29, 0.717) is 29.5 Å². The second kappa shape index (κ2) is 2.21. The lowest BCUT2D eigenvalue weighted by Gasteiger charge is -2.38. The van der Waals surface area contributed by atoms with Gasteiger partial charge in [-0.3, -0.25) is 4.79 Å². The molecule has 1 nitrogen and oxygen atoms in total. The normalized spacial score (nSPS) is 49.8. The van der Waals surface area contributed by atoms with Crippen molar-refractivity contribution in [2.45, 2.75) is 25.7 Å². The maximum atomic E-state index is 11.8. The van der Waals surface area contributed by atoms with Crippen LogP contribution in [0.5, 0.6) is 0 Å². The van der Waals surface area contributed by atoms with Crippen LogP contribution in [-0.2, 0) is 4.79 Å². The van der Waals surface area contributed by atoms with Crippen molar-refractivity contribution in [3.63, 3.8) is 0 Å². The summed E-state index contributed by atoms with van der Waals surface area (Å²) in [5, 5.41) is 0. The molecule has 64 valence electrons. The predicted octanol–water partition coefficient (Wildman–Crippen LogP) is 2.18. The van der Waals surface area contributed by atoms with E-state index >= 15 is 0 Å². The summed E-state index contributed by atoms with van der Waals surface area (Å²) in [5.74, 6) is 2.67. The molecule has 2 saturated carbocycles. The highest BCUT2D eigenvalue weighted by molar-refractivity contribution is 5.86. The molecule has 0 aromatic rings. The molecular weight excluding hydrogens is 148 g/mol.